The number of carbonyl (C=O) groups excluding carboxylic acids is 1. The van der Waals surface area contributed by atoms with Crippen LogP contribution in [-0.2, 0) is 4.79 Å². The van der Waals surface area contributed by atoms with Crippen LogP contribution in [0.25, 0.3) is 0 Å². The lowest BCUT2D eigenvalue weighted by molar-refractivity contribution is -0.127. The minimum atomic E-state index is 0.192. The summed E-state index contributed by atoms with van der Waals surface area (Å²) in [4.78, 5) is 13.7. The molecule has 1 aromatic rings. The maximum atomic E-state index is 12.4. The van der Waals surface area contributed by atoms with E-state index in [-0.39, 0.29) is 17.9 Å². The summed E-state index contributed by atoms with van der Waals surface area (Å²) >= 11 is 1.73. The minimum Gasteiger partial charge on any atom is -0.348 e. The molecule has 4 heteroatoms. The van der Waals surface area contributed by atoms with Gasteiger partial charge in [-0.05, 0) is 56.0 Å². The normalized spacial score (nSPS) is 24.3. The largest absolute Gasteiger partial charge is 0.348 e. The molecule has 1 heterocycles. The number of nitrogens with one attached hydrogen (secondary N) is 1. The Morgan fingerprint density at radius 2 is 2.20 bits per heavy atom. The molecule has 0 bridgehead atoms. The van der Waals surface area contributed by atoms with Gasteiger partial charge in [-0.3, -0.25) is 4.79 Å². The molecule has 3 nitrogen and oxygen atoms in total. The summed E-state index contributed by atoms with van der Waals surface area (Å²) in [6.07, 6.45) is 6.30. The Kier molecular flexibility index (Phi) is 6.05. The fourth-order valence-corrected chi connectivity index (χ4v) is 3.83. The first kappa shape index (κ1) is 15.5. The van der Waals surface area contributed by atoms with Gasteiger partial charge < -0.3 is 11.1 Å². The molecular formula is C16H26N2OS. The third-order valence-electron chi connectivity index (χ3n) is 4.33. The Bertz CT molecular complexity index is 397. The zero-order chi connectivity index (χ0) is 14.4. The summed E-state index contributed by atoms with van der Waals surface area (Å²) < 4.78 is 0. The van der Waals surface area contributed by atoms with Crippen molar-refractivity contribution in [2.75, 3.05) is 6.54 Å². The summed E-state index contributed by atoms with van der Waals surface area (Å²) in [5, 5.41) is 5.34. The second-order valence-electron chi connectivity index (χ2n) is 5.82. The third-order valence-corrected chi connectivity index (χ3v) is 5.32. The van der Waals surface area contributed by atoms with Crippen LogP contribution in [0.5, 0.6) is 0 Å². The maximum Gasteiger partial charge on any atom is 0.223 e. The first-order valence-electron chi connectivity index (χ1n) is 7.78. The Hall–Kier alpha value is -0.870. The smallest absolute Gasteiger partial charge is 0.223 e. The topological polar surface area (TPSA) is 55.1 Å². The highest BCUT2D eigenvalue weighted by atomic mass is 32.1. The quantitative estimate of drug-likeness (QED) is 0.844. The summed E-state index contributed by atoms with van der Waals surface area (Å²) in [6, 6.07) is 4.37. The number of nitrogens with two attached hydrogens (primary N) is 1. The van der Waals surface area contributed by atoms with E-state index < -0.39 is 0 Å². The van der Waals surface area contributed by atoms with E-state index in [1.807, 2.05) is 0 Å². The van der Waals surface area contributed by atoms with Crippen molar-refractivity contribution in [3.63, 3.8) is 0 Å². The Morgan fingerprint density at radius 1 is 1.45 bits per heavy atom. The van der Waals surface area contributed by atoms with Crippen LogP contribution in [0.4, 0.5) is 0 Å². The number of amides is 1. The summed E-state index contributed by atoms with van der Waals surface area (Å²) in [5.74, 6) is 1.06. The van der Waals surface area contributed by atoms with Crippen molar-refractivity contribution in [3.8, 4) is 0 Å². The molecule has 3 N–H and O–H groups in total. The lowest BCUT2D eigenvalue weighted by Crippen LogP contribution is -2.36. The van der Waals surface area contributed by atoms with E-state index in [0.717, 1.165) is 45.1 Å². The van der Waals surface area contributed by atoms with Crippen molar-refractivity contribution in [1.82, 2.24) is 5.32 Å². The van der Waals surface area contributed by atoms with Gasteiger partial charge in [0, 0.05) is 10.8 Å². The zero-order valence-corrected chi connectivity index (χ0v) is 13.1. The molecule has 1 amide bonds. The van der Waals surface area contributed by atoms with Gasteiger partial charge in [0.25, 0.3) is 0 Å². The van der Waals surface area contributed by atoms with Crippen molar-refractivity contribution in [2.24, 2.45) is 17.6 Å². The van der Waals surface area contributed by atoms with Crippen LogP contribution in [0.2, 0.25) is 0 Å². The number of hydrogen-bond acceptors (Lipinski definition) is 3. The highest BCUT2D eigenvalue weighted by Gasteiger charge is 2.27. The van der Waals surface area contributed by atoms with Crippen molar-refractivity contribution in [2.45, 2.75) is 51.5 Å². The van der Waals surface area contributed by atoms with E-state index in [0.29, 0.717) is 5.92 Å². The number of hydrogen-bond donors (Lipinski definition) is 2. The molecule has 1 unspecified atom stereocenters. The van der Waals surface area contributed by atoms with Crippen LogP contribution in [0, 0.1) is 11.8 Å². The summed E-state index contributed by atoms with van der Waals surface area (Å²) in [7, 11) is 0. The predicted molar refractivity (Wildman–Crippen MR) is 84.6 cm³/mol. The highest BCUT2D eigenvalue weighted by molar-refractivity contribution is 7.10. The van der Waals surface area contributed by atoms with Gasteiger partial charge in [-0.1, -0.05) is 19.4 Å². The van der Waals surface area contributed by atoms with E-state index in [2.05, 4.69) is 29.8 Å². The van der Waals surface area contributed by atoms with Gasteiger partial charge in [-0.15, -0.1) is 11.3 Å². The SMILES string of the molecule is CCCC(NC(=O)C1CCC(CN)CC1)c1cccs1. The second kappa shape index (κ2) is 7.79. The molecule has 1 aliphatic rings. The molecule has 2 rings (SSSR count). The van der Waals surface area contributed by atoms with Gasteiger partial charge in [-0.25, -0.2) is 0 Å². The van der Waals surface area contributed by atoms with Crippen molar-refractivity contribution >= 4 is 17.2 Å². The molecule has 1 fully saturated rings. The lowest BCUT2D eigenvalue weighted by atomic mass is 9.81. The number of rotatable bonds is 6. The molecule has 0 saturated heterocycles. The Balaban J connectivity index is 1.89. The molecule has 0 spiro atoms. The van der Waals surface area contributed by atoms with Crippen molar-refractivity contribution < 1.29 is 4.79 Å². The molecule has 20 heavy (non-hydrogen) atoms. The van der Waals surface area contributed by atoms with E-state index in [9.17, 15) is 4.79 Å². The first-order chi connectivity index (χ1) is 9.74. The van der Waals surface area contributed by atoms with Crippen LogP contribution in [0.1, 0.15) is 56.4 Å². The van der Waals surface area contributed by atoms with E-state index >= 15 is 0 Å². The third kappa shape index (κ3) is 4.06. The maximum absolute atomic E-state index is 12.4. The molecule has 0 aromatic carbocycles. The van der Waals surface area contributed by atoms with Crippen molar-refractivity contribution in [1.29, 1.82) is 0 Å². The van der Waals surface area contributed by atoms with Gasteiger partial charge in [0.05, 0.1) is 6.04 Å². The second-order valence-corrected chi connectivity index (χ2v) is 6.80. The monoisotopic (exact) mass is 294 g/mol. The van der Waals surface area contributed by atoms with Gasteiger partial charge in [-0.2, -0.15) is 0 Å². The molecule has 1 saturated carbocycles. The number of carbonyl (C=O) groups is 1. The van der Waals surface area contributed by atoms with Gasteiger partial charge in [0.15, 0.2) is 0 Å². The van der Waals surface area contributed by atoms with Crippen LogP contribution >= 0.6 is 11.3 Å². The average molecular weight is 294 g/mol. The van der Waals surface area contributed by atoms with Crippen LogP contribution < -0.4 is 11.1 Å². The van der Waals surface area contributed by atoms with Gasteiger partial charge in [0.2, 0.25) is 5.91 Å². The van der Waals surface area contributed by atoms with E-state index in [1.54, 1.807) is 11.3 Å². The molecule has 1 aliphatic carbocycles. The molecule has 0 radical (unpaired) electrons. The molecule has 1 aromatic heterocycles. The molecular weight excluding hydrogens is 268 g/mol. The van der Waals surface area contributed by atoms with E-state index in [1.165, 1.54) is 4.88 Å². The minimum absolute atomic E-state index is 0.192. The molecule has 0 aliphatic heterocycles. The molecule has 1 atom stereocenters. The predicted octanol–water partition coefficient (Wildman–Crippen LogP) is 3.47. The highest BCUT2D eigenvalue weighted by Crippen LogP contribution is 2.30. The Morgan fingerprint density at radius 3 is 2.75 bits per heavy atom. The fraction of sp³-hybridized carbons (Fsp3) is 0.688. The Labute approximate surface area is 125 Å². The van der Waals surface area contributed by atoms with Crippen LogP contribution in [0.15, 0.2) is 17.5 Å². The van der Waals surface area contributed by atoms with E-state index in [4.69, 9.17) is 5.73 Å². The van der Waals surface area contributed by atoms with Crippen LogP contribution in [-0.4, -0.2) is 12.5 Å². The summed E-state index contributed by atoms with van der Waals surface area (Å²) in [5.41, 5.74) is 5.71. The zero-order valence-electron chi connectivity index (χ0n) is 12.3. The average Bonchev–Trinajstić information content (AvgIpc) is 3.01. The molecule has 112 valence electrons. The first-order valence-corrected chi connectivity index (χ1v) is 8.66. The standard InChI is InChI=1S/C16H26N2OS/c1-2-4-14(15-5-3-10-20-15)18-16(19)13-8-6-12(11-17)7-9-13/h3,5,10,12-14H,2,4,6-9,11,17H2,1H3,(H,18,19). The van der Waals surface area contributed by atoms with Gasteiger partial charge in [0.1, 0.15) is 0 Å². The van der Waals surface area contributed by atoms with Crippen LogP contribution in [0.3, 0.4) is 0 Å². The van der Waals surface area contributed by atoms with Gasteiger partial charge >= 0.3 is 0 Å². The summed E-state index contributed by atoms with van der Waals surface area (Å²) in [6.45, 7) is 2.93. The number of thiophene rings is 1. The van der Waals surface area contributed by atoms with Crippen molar-refractivity contribution in [3.05, 3.63) is 22.4 Å². The fourth-order valence-electron chi connectivity index (χ4n) is 3.01. The lowest BCUT2D eigenvalue weighted by Gasteiger charge is -2.28.